The molecule has 0 aliphatic carbocycles. The highest BCUT2D eigenvalue weighted by Crippen LogP contribution is 2.30. The summed E-state index contributed by atoms with van der Waals surface area (Å²) in [5.41, 5.74) is 1.34. The van der Waals surface area contributed by atoms with Gasteiger partial charge >= 0.3 is 0 Å². The Balaban J connectivity index is 1.71. The molecule has 1 saturated heterocycles. The zero-order valence-electron chi connectivity index (χ0n) is 15.7. The molecule has 2 N–H and O–H groups in total. The summed E-state index contributed by atoms with van der Waals surface area (Å²) in [7, 11) is 0. The van der Waals surface area contributed by atoms with E-state index in [1.807, 2.05) is 41.5 Å². The second-order valence-corrected chi connectivity index (χ2v) is 7.26. The van der Waals surface area contributed by atoms with Crippen LogP contribution in [0.25, 0.3) is 5.69 Å². The van der Waals surface area contributed by atoms with E-state index in [1.165, 1.54) is 10.8 Å². The summed E-state index contributed by atoms with van der Waals surface area (Å²) in [6.07, 6.45) is 8.09. The maximum Gasteiger partial charge on any atom is 0.264 e. The van der Waals surface area contributed by atoms with Crippen molar-refractivity contribution in [2.75, 3.05) is 6.54 Å². The molecule has 1 aliphatic rings. The first-order chi connectivity index (χ1) is 14.1. The van der Waals surface area contributed by atoms with Gasteiger partial charge in [0.15, 0.2) is 4.77 Å². The van der Waals surface area contributed by atoms with Crippen LogP contribution in [0.1, 0.15) is 36.4 Å². The van der Waals surface area contributed by atoms with Gasteiger partial charge in [0.25, 0.3) is 5.56 Å². The summed E-state index contributed by atoms with van der Waals surface area (Å²) in [6, 6.07) is 13.2. The molecule has 0 unspecified atom stereocenters. The van der Waals surface area contributed by atoms with Crippen molar-refractivity contribution in [1.82, 2.24) is 19.5 Å². The number of nitrogens with one attached hydrogen (secondary N) is 1. The maximum absolute atomic E-state index is 12.5. The molecular weight excluding hydrogens is 386 g/mol. The molecule has 0 saturated carbocycles. The van der Waals surface area contributed by atoms with Crippen LogP contribution in [-0.2, 0) is 0 Å². The number of hydrogen-bond donors (Lipinski definition) is 2. The summed E-state index contributed by atoms with van der Waals surface area (Å²) in [6.45, 7) is 0.770. The van der Waals surface area contributed by atoms with Crippen LogP contribution in [0.4, 0.5) is 0 Å². The first-order valence-electron chi connectivity index (χ1n) is 9.49. The molecule has 0 amide bonds. The van der Waals surface area contributed by atoms with Crippen molar-refractivity contribution in [2.24, 2.45) is 5.10 Å². The second-order valence-electron chi connectivity index (χ2n) is 6.87. The molecule has 1 fully saturated rings. The van der Waals surface area contributed by atoms with Crippen molar-refractivity contribution in [3.63, 3.8) is 0 Å². The normalized spacial score (nSPS) is 17.0. The Morgan fingerprint density at radius 3 is 2.79 bits per heavy atom. The maximum atomic E-state index is 12.5. The van der Waals surface area contributed by atoms with Crippen molar-refractivity contribution in [1.29, 1.82) is 0 Å². The molecule has 3 aromatic rings. The average Bonchev–Trinajstić information content (AvgIpc) is 2.75. The number of H-pyrrole nitrogens is 1. The van der Waals surface area contributed by atoms with E-state index in [-0.39, 0.29) is 22.3 Å². The van der Waals surface area contributed by atoms with Gasteiger partial charge in [0.2, 0.25) is 5.88 Å². The standard InChI is InChI=1S/C21H21N5O2S/c27-19-17(20(28)26(21(29)24-19)16-8-2-1-3-9-16)14-23-25-12-5-4-10-18(25)15-7-6-11-22-13-15/h1-3,6-9,11,13-14,18,28H,4-5,10,12H2,(H,24,27,29)/t18-/m1/s1. The number of benzene rings is 1. The van der Waals surface area contributed by atoms with Crippen LogP contribution in [0.3, 0.4) is 0 Å². The van der Waals surface area contributed by atoms with E-state index in [9.17, 15) is 9.90 Å². The highest BCUT2D eigenvalue weighted by Gasteiger charge is 2.23. The van der Waals surface area contributed by atoms with Crippen molar-refractivity contribution in [3.8, 4) is 11.6 Å². The number of aromatic hydroxyl groups is 1. The molecule has 1 aromatic carbocycles. The van der Waals surface area contributed by atoms with Gasteiger partial charge in [-0.3, -0.25) is 24.3 Å². The minimum Gasteiger partial charge on any atom is -0.494 e. The van der Waals surface area contributed by atoms with Crippen LogP contribution in [0.5, 0.6) is 5.88 Å². The predicted molar refractivity (Wildman–Crippen MR) is 114 cm³/mol. The van der Waals surface area contributed by atoms with Gasteiger partial charge in [0.1, 0.15) is 5.56 Å². The predicted octanol–water partition coefficient (Wildman–Crippen LogP) is 3.56. The van der Waals surface area contributed by atoms with Gasteiger partial charge in [-0.2, -0.15) is 5.10 Å². The van der Waals surface area contributed by atoms with Crippen LogP contribution >= 0.6 is 12.2 Å². The van der Waals surface area contributed by atoms with Gasteiger partial charge in [-0.25, -0.2) is 0 Å². The van der Waals surface area contributed by atoms with Gasteiger partial charge in [-0.05, 0) is 55.2 Å². The number of aromatic nitrogens is 3. The quantitative estimate of drug-likeness (QED) is 0.510. The molecule has 8 heteroatoms. The van der Waals surface area contributed by atoms with Crippen molar-refractivity contribution in [2.45, 2.75) is 25.3 Å². The van der Waals surface area contributed by atoms with Crippen molar-refractivity contribution < 1.29 is 5.11 Å². The fraction of sp³-hybridized carbons (Fsp3) is 0.238. The van der Waals surface area contributed by atoms with Crippen molar-refractivity contribution >= 4 is 18.4 Å². The van der Waals surface area contributed by atoms with E-state index in [2.05, 4.69) is 15.1 Å². The SMILES string of the molecule is O=c1[nH]c(=S)n(-c2ccccc2)c(O)c1C=NN1CCCC[C@@H]1c1cccnc1. The highest BCUT2D eigenvalue weighted by atomic mass is 32.1. The number of hydrazone groups is 1. The minimum absolute atomic E-state index is 0.0676. The molecule has 1 atom stereocenters. The first kappa shape index (κ1) is 19.1. The summed E-state index contributed by atoms with van der Waals surface area (Å²) in [5.74, 6) is -0.233. The Morgan fingerprint density at radius 1 is 1.21 bits per heavy atom. The van der Waals surface area contributed by atoms with Crippen LogP contribution in [-0.4, -0.2) is 37.4 Å². The second kappa shape index (κ2) is 8.40. The van der Waals surface area contributed by atoms with Gasteiger partial charge in [-0.1, -0.05) is 24.3 Å². The Hall–Kier alpha value is -3.26. The summed E-state index contributed by atoms with van der Waals surface area (Å²) < 4.78 is 1.55. The number of nitrogens with zero attached hydrogens (tertiary/aromatic N) is 4. The molecule has 7 nitrogen and oxygen atoms in total. The Labute approximate surface area is 173 Å². The fourth-order valence-corrected chi connectivity index (χ4v) is 3.85. The van der Waals surface area contributed by atoms with Crippen LogP contribution < -0.4 is 5.56 Å². The lowest BCUT2D eigenvalue weighted by Gasteiger charge is -2.33. The Bertz CT molecular complexity index is 1130. The lowest BCUT2D eigenvalue weighted by atomic mass is 9.98. The van der Waals surface area contributed by atoms with Gasteiger partial charge in [0, 0.05) is 18.9 Å². The van der Waals surface area contributed by atoms with E-state index in [4.69, 9.17) is 12.2 Å². The molecule has 29 heavy (non-hydrogen) atoms. The highest BCUT2D eigenvalue weighted by molar-refractivity contribution is 7.71. The lowest BCUT2D eigenvalue weighted by molar-refractivity contribution is 0.156. The van der Waals surface area contributed by atoms with E-state index in [1.54, 1.807) is 18.3 Å². The largest absolute Gasteiger partial charge is 0.494 e. The van der Waals surface area contributed by atoms with Gasteiger partial charge in [0.05, 0.1) is 17.9 Å². The zero-order chi connectivity index (χ0) is 20.2. The van der Waals surface area contributed by atoms with Crippen LogP contribution in [0, 0.1) is 4.77 Å². The average molecular weight is 407 g/mol. The molecule has 0 radical (unpaired) electrons. The number of para-hydroxylation sites is 1. The van der Waals surface area contributed by atoms with Gasteiger partial charge in [-0.15, -0.1) is 0 Å². The Morgan fingerprint density at radius 2 is 2.03 bits per heavy atom. The third-order valence-electron chi connectivity index (χ3n) is 5.01. The first-order valence-corrected chi connectivity index (χ1v) is 9.90. The molecule has 0 bridgehead atoms. The third-order valence-corrected chi connectivity index (χ3v) is 5.30. The van der Waals surface area contributed by atoms with E-state index >= 15 is 0 Å². The summed E-state index contributed by atoms with van der Waals surface area (Å²) in [4.78, 5) is 19.3. The monoisotopic (exact) mass is 407 g/mol. The minimum atomic E-state index is -0.474. The molecule has 148 valence electrons. The van der Waals surface area contributed by atoms with E-state index < -0.39 is 5.56 Å². The smallest absolute Gasteiger partial charge is 0.264 e. The van der Waals surface area contributed by atoms with Crippen LogP contribution in [0.15, 0.2) is 64.8 Å². The Kier molecular flexibility index (Phi) is 5.53. The number of rotatable bonds is 4. The number of piperidine rings is 1. The fourth-order valence-electron chi connectivity index (χ4n) is 3.57. The zero-order valence-corrected chi connectivity index (χ0v) is 16.5. The molecule has 2 aromatic heterocycles. The third kappa shape index (κ3) is 3.97. The summed E-state index contributed by atoms with van der Waals surface area (Å²) in [5, 5.41) is 17.3. The van der Waals surface area contributed by atoms with E-state index in [0.717, 1.165) is 31.4 Å². The van der Waals surface area contributed by atoms with Gasteiger partial charge < -0.3 is 5.11 Å². The number of pyridine rings is 1. The molecular formula is C21H21N5O2S. The van der Waals surface area contributed by atoms with Crippen LogP contribution in [0.2, 0.25) is 0 Å². The molecule has 4 rings (SSSR count). The molecule has 3 heterocycles. The number of hydrogen-bond acceptors (Lipinski definition) is 6. The molecule has 1 aliphatic heterocycles. The van der Waals surface area contributed by atoms with Crippen molar-refractivity contribution in [3.05, 3.63) is 81.1 Å². The van der Waals surface area contributed by atoms with E-state index in [0.29, 0.717) is 5.69 Å². The lowest BCUT2D eigenvalue weighted by Crippen LogP contribution is -2.29. The number of aromatic amines is 1. The topological polar surface area (TPSA) is 86.5 Å². The summed E-state index contributed by atoms with van der Waals surface area (Å²) >= 11 is 5.25. The molecule has 0 spiro atoms.